The second-order valence-corrected chi connectivity index (χ2v) is 6.90. The summed E-state index contributed by atoms with van der Waals surface area (Å²) in [6.45, 7) is -0.889. The summed E-state index contributed by atoms with van der Waals surface area (Å²) in [6.07, 6.45) is -5.19. The molecule has 4 nitrogen and oxygen atoms in total. The first-order chi connectivity index (χ1) is 10.2. The fourth-order valence-corrected chi connectivity index (χ4v) is 3.33. The predicted molar refractivity (Wildman–Crippen MR) is 79.9 cm³/mol. The van der Waals surface area contributed by atoms with Crippen molar-refractivity contribution in [3.8, 4) is 0 Å². The van der Waals surface area contributed by atoms with Crippen LogP contribution in [0.3, 0.4) is 0 Å². The molecule has 23 heavy (non-hydrogen) atoms. The summed E-state index contributed by atoms with van der Waals surface area (Å²) >= 11 is 0. The van der Waals surface area contributed by atoms with Crippen molar-refractivity contribution in [2.24, 2.45) is 0 Å². The van der Waals surface area contributed by atoms with Gasteiger partial charge in [0, 0.05) is 19.1 Å². The van der Waals surface area contributed by atoms with E-state index in [-0.39, 0.29) is 23.3 Å². The average molecular weight is 377 g/mol. The van der Waals surface area contributed by atoms with Crippen molar-refractivity contribution >= 4 is 22.4 Å². The van der Waals surface area contributed by atoms with Crippen LogP contribution < -0.4 is 10.0 Å². The Morgan fingerprint density at radius 2 is 1.96 bits per heavy atom. The van der Waals surface area contributed by atoms with Crippen molar-refractivity contribution in [2.45, 2.75) is 36.5 Å². The van der Waals surface area contributed by atoms with Gasteiger partial charge in [-0.25, -0.2) is 17.5 Å². The van der Waals surface area contributed by atoms with Gasteiger partial charge in [0.25, 0.3) is 0 Å². The van der Waals surface area contributed by atoms with Gasteiger partial charge in [0.15, 0.2) is 0 Å². The number of nitrogens with one attached hydrogen (secondary N) is 2. The van der Waals surface area contributed by atoms with Gasteiger partial charge in [-0.05, 0) is 29.7 Å². The first kappa shape index (κ1) is 20.1. The molecule has 1 unspecified atom stereocenters. The van der Waals surface area contributed by atoms with Gasteiger partial charge in [-0.2, -0.15) is 13.2 Å². The van der Waals surface area contributed by atoms with E-state index in [1.165, 1.54) is 12.1 Å². The Labute approximate surface area is 138 Å². The van der Waals surface area contributed by atoms with E-state index in [9.17, 15) is 26.0 Å². The molecule has 0 bridgehead atoms. The first-order valence-electron chi connectivity index (χ1n) is 6.69. The third-order valence-corrected chi connectivity index (χ3v) is 4.88. The van der Waals surface area contributed by atoms with Crippen LogP contribution in [0.4, 0.5) is 17.6 Å². The Morgan fingerprint density at radius 3 is 2.57 bits per heavy atom. The Hall–Kier alpha value is -0.900. The van der Waals surface area contributed by atoms with Crippen molar-refractivity contribution in [3.63, 3.8) is 0 Å². The molecule has 0 aliphatic carbocycles. The van der Waals surface area contributed by atoms with E-state index in [1.54, 1.807) is 6.07 Å². The molecule has 132 valence electrons. The molecule has 1 aliphatic rings. The Balaban J connectivity index is 0.00000264. The summed E-state index contributed by atoms with van der Waals surface area (Å²) in [6, 6.07) is 4.03. The predicted octanol–water partition coefficient (Wildman–Crippen LogP) is 2.32. The third kappa shape index (κ3) is 5.59. The minimum absolute atomic E-state index is 0. The van der Waals surface area contributed by atoms with E-state index in [0.717, 1.165) is 5.56 Å². The lowest BCUT2D eigenvalue weighted by Gasteiger charge is -2.24. The summed E-state index contributed by atoms with van der Waals surface area (Å²) < 4.78 is 74.6. The van der Waals surface area contributed by atoms with Crippen LogP contribution in [-0.4, -0.2) is 33.9 Å². The van der Waals surface area contributed by atoms with Crippen LogP contribution in [0, 0.1) is 0 Å². The maximum atomic E-state index is 12.6. The molecule has 0 amide bonds. The zero-order chi connectivity index (χ0) is 16.4. The van der Waals surface area contributed by atoms with Gasteiger partial charge in [-0.3, -0.25) is 0 Å². The summed E-state index contributed by atoms with van der Waals surface area (Å²) in [5.74, 6) is 0. The standard InChI is InChI=1S/C13H16F4N2O2S.ClH/c14-7-11-5-9-1-2-12(6-10(9)8-18-11)22(20,21)19-4-3-13(15,16)17;/h1-2,6,11,18-19H,3-5,7-8H2;1H. The largest absolute Gasteiger partial charge is 0.390 e. The van der Waals surface area contributed by atoms with Gasteiger partial charge in [0.1, 0.15) is 6.67 Å². The monoisotopic (exact) mass is 376 g/mol. The Kier molecular flexibility index (Phi) is 6.81. The first-order valence-corrected chi connectivity index (χ1v) is 8.17. The van der Waals surface area contributed by atoms with Gasteiger partial charge in [-0.1, -0.05) is 6.07 Å². The van der Waals surface area contributed by atoms with Crippen molar-refractivity contribution in [1.29, 1.82) is 0 Å². The molecular weight excluding hydrogens is 360 g/mol. The molecule has 0 fully saturated rings. The van der Waals surface area contributed by atoms with Gasteiger partial charge in [-0.15, -0.1) is 12.4 Å². The number of sulfonamides is 1. The molecule has 1 aromatic rings. The number of alkyl halides is 4. The smallest absolute Gasteiger partial charge is 0.307 e. The molecule has 1 atom stereocenters. The minimum Gasteiger partial charge on any atom is -0.307 e. The molecular formula is C13H17ClF4N2O2S. The fourth-order valence-electron chi connectivity index (χ4n) is 2.24. The number of hydrogen-bond donors (Lipinski definition) is 2. The second-order valence-electron chi connectivity index (χ2n) is 5.13. The maximum absolute atomic E-state index is 12.6. The van der Waals surface area contributed by atoms with E-state index in [0.29, 0.717) is 18.5 Å². The number of rotatable bonds is 5. The molecule has 0 aromatic heterocycles. The Morgan fingerprint density at radius 1 is 1.26 bits per heavy atom. The topological polar surface area (TPSA) is 58.2 Å². The van der Waals surface area contributed by atoms with Crippen LogP contribution in [0.1, 0.15) is 17.5 Å². The van der Waals surface area contributed by atoms with Gasteiger partial charge in [0.05, 0.1) is 11.3 Å². The highest BCUT2D eigenvalue weighted by Crippen LogP contribution is 2.22. The van der Waals surface area contributed by atoms with E-state index < -0.39 is 35.8 Å². The highest BCUT2D eigenvalue weighted by molar-refractivity contribution is 7.89. The van der Waals surface area contributed by atoms with Gasteiger partial charge < -0.3 is 5.32 Å². The van der Waals surface area contributed by atoms with Crippen molar-refractivity contribution in [1.82, 2.24) is 10.0 Å². The SMILES string of the molecule is Cl.O=S(=O)(NCCC(F)(F)F)c1ccc2c(c1)CNC(CF)C2. The van der Waals surface area contributed by atoms with Crippen molar-refractivity contribution < 1.29 is 26.0 Å². The second kappa shape index (κ2) is 7.78. The van der Waals surface area contributed by atoms with Crippen LogP contribution in [0.5, 0.6) is 0 Å². The Bertz CT molecular complexity index is 637. The van der Waals surface area contributed by atoms with E-state index >= 15 is 0 Å². The van der Waals surface area contributed by atoms with Crippen LogP contribution in [0.15, 0.2) is 23.1 Å². The van der Waals surface area contributed by atoms with Crippen LogP contribution >= 0.6 is 12.4 Å². The van der Waals surface area contributed by atoms with Crippen molar-refractivity contribution in [2.75, 3.05) is 13.2 Å². The summed E-state index contributed by atoms with van der Waals surface area (Å²) in [5.41, 5.74) is 1.55. The molecule has 0 saturated heterocycles. The molecule has 10 heteroatoms. The number of hydrogen-bond acceptors (Lipinski definition) is 3. The highest BCUT2D eigenvalue weighted by Gasteiger charge is 2.28. The van der Waals surface area contributed by atoms with Crippen molar-refractivity contribution in [3.05, 3.63) is 29.3 Å². The number of fused-ring (bicyclic) bond motifs is 1. The fraction of sp³-hybridized carbons (Fsp3) is 0.538. The lowest BCUT2D eigenvalue weighted by Crippen LogP contribution is -2.37. The highest BCUT2D eigenvalue weighted by atomic mass is 35.5. The molecule has 0 spiro atoms. The zero-order valence-electron chi connectivity index (χ0n) is 12.0. The molecule has 1 aromatic carbocycles. The summed E-state index contributed by atoms with van der Waals surface area (Å²) in [4.78, 5) is -0.0890. The van der Waals surface area contributed by atoms with Crippen LogP contribution in [0.25, 0.3) is 0 Å². The van der Waals surface area contributed by atoms with E-state index in [4.69, 9.17) is 0 Å². The molecule has 1 aliphatic heterocycles. The lowest BCUT2D eigenvalue weighted by atomic mass is 9.96. The average Bonchev–Trinajstić information content (AvgIpc) is 2.44. The van der Waals surface area contributed by atoms with E-state index in [2.05, 4.69) is 5.32 Å². The third-order valence-electron chi connectivity index (χ3n) is 3.42. The van der Waals surface area contributed by atoms with Crippen LogP contribution in [-0.2, 0) is 23.0 Å². The molecule has 1 heterocycles. The number of benzene rings is 1. The lowest BCUT2D eigenvalue weighted by molar-refractivity contribution is -0.132. The zero-order valence-corrected chi connectivity index (χ0v) is 13.6. The summed E-state index contributed by atoms with van der Waals surface area (Å²) in [7, 11) is -3.99. The van der Waals surface area contributed by atoms with Crippen LogP contribution in [0.2, 0.25) is 0 Å². The molecule has 2 rings (SSSR count). The maximum Gasteiger partial charge on any atom is 0.390 e. The van der Waals surface area contributed by atoms with Gasteiger partial charge in [0.2, 0.25) is 10.0 Å². The van der Waals surface area contributed by atoms with E-state index in [1.807, 2.05) is 4.72 Å². The molecule has 0 saturated carbocycles. The minimum atomic E-state index is -4.41. The molecule has 0 radical (unpaired) electrons. The quantitative estimate of drug-likeness (QED) is 0.775. The van der Waals surface area contributed by atoms with Gasteiger partial charge >= 0.3 is 6.18 Å². The molecule has 2 N–H and O–H groups in total. The summed E-state index contributed by atoms with van der Waals surface area (Å²) in [5, 5.41) is 2.93. The normalized spacial score (nSPS) is 18.2. The number of halogens is 5.